The van der Waals surface area contributed by atoms with Crippen LogP contribution in [0, 0.1) is 11.3 Å². The van der Waals surface area contributed by atoms with Crippen LogP contribution in [0.3, 0.4) is 0 Å². The number of rotatable bonds is 4. The van der Waals surface area contributed by atoms with E-state index in [0.29, 0.717) is 11.5 Å². The van der Waals surface area contributed by atoms with E-state index in [0.717, 1.165) is 28.1 Å². The molecule has 0 aliphatic rings. The first-order valence-corrected chi connectivity index (χ1v) is 8.18. The van der Waals surface area contributed by atoms with Crippen LogP contribution in [0.5, 0.6) is 0 Å². The van der Waals surface area contributed by atoms with Crippen LogP contribution < -0.4 is 10.6 Å². The highest BCUT2D eigenvalue weighted by Crippen LogP contribution is 2.26. The molecule has 0 fully saturated rings. The van der Waals surface area contributed by atoms with E-state index in [2.05, 4.69) is 26.7 Å². The molecule has 0 radical (unpaired) electrons. The Hall–Kier alpha value is -3.62. The lowest BCUT2D eigenvalue weighted by atomic mass is 10.2. The molecule has 1 aromatic heterocycles. The van der Waals surface area contributed by atoms with Crippen LogP contribution in [-0.2, 0) is 0 Å². The van der Waals surface area contributed by atoms with Crippen LogP contribution in [-0.4, -0.2) is 9.97 Å². The molecule has 3 aromatic carbocycles. The number of nitrogens with one attached hydrogen (secondary N) is 2. The van der Waals surface area contributed by atoms with Gasteiger partial charge in [-0.3, -0.25) is 0 Å². The molecule has 0 aliphatic carbocycles. The number of halogens is 1. The van der Waals surface area contributed by atoms with Gasteiger partial charge >= 0.3 is 0 Å². The lowest BCUT2D eigenvalue weighted by molar-refractivity contribution is 1.21. The third-order valence-electron chi connectivity index (χ3n) is 3.91. The summed E-state index contributed by atoms with van der Waals surface area (Å²) in [6.45, 7) is 0. The molecule has 27 heavy (non-hydrogen) atoms. The number of nitrogens with zero attached hydrogens (tertiary/aromatic N) is 3. The number of hydrogen-bond donors (Lipinski definition) is 2. The van der Waals surface area contributed by atoms with Gasteiger partial charge in [-0.2, -0.15) is 10.2 Å². The summed E-state index contributed by atoms with van der Waals surface area (Å²) in [5.74, 6) is 1.23. The second-order valence-corrected chi connectivity index (χ2v) is 5.72. The van der Waals surface area contributed by atoms with Crippen LogP contribution in [0.15, 0.2) is 78.9 Å². The Labute approximate surface area is 163 Å². The largest absolute Gasteiger partial charge is 0.340 e. The minimum atomic E-state index is 0. The van der Waals surface area contributed by atoms with Gasteiger partial charge in [-0.15, -0.1) is 12.4 Å². The van der Waals surface area contributed by atoms with Gasteiger partial charge in [0.2, 0.25) is 5.95 Å². The maximum Gasteiger partial charge on any atom is 0.229 e. The summed E-state index contributed by atoms with van der Waals surface area (Å²) in [7, 11) is 0. The van der Waals surface area contributed by atoms with Gasteiger partial charge in [0.05, 0.1) is 17.1 Å². The van der Waals surface area contributed by atoms with E-state index in [1.807, 2.05) is 66.7 Å². The number of fused-ring (bicyclic) bond motifs is 1. The predicted molar refractivity (Wildman–Crippen MR) is 111 cm³/mol. The molecule has 0 aliphatic heterocycles. The first-order valence-electron chi connectivity index (χ1n) is 8.18. The fourth-order valence-corrected chi connectivity index (χ4v) is 2.64. The molecule has 0 saturated heterocycles. The topological polar surface area (TPSA) is 73.6 Å². The second kappa shape index (κ2) is 8.17. The fourth-order valence-electron chi connectivity index (χ4n) is 2.64. The van der Waals surface area contributed by atoms with Crippen molar-refractivity contribution in [1.82, 2.24) is 9.97 Å². The van der Waals surface area contributed by atoms with E-state index in [1.54, 1.807) is 12.1 Å². The number of benzene rings is 3. The van der Waals surface area contributed by atoms with Crippen molar-refractivity contribution >= 4 is 46.5 Å². The van der Waals surface area contributed by atoms with Crippen LogP contribution in [0.2, 0.25) is 0 Å². The first kappa shape index (κ1) is 18.2. The van der Waals surface area contributed by atoms with E-state index >= 15 is 0 Å². The standard InChI is InChI=1S/C21H15N5.ClH/c22-14-15-10-12-17(13-11-15)24-21-25-19-9-5-4-8-18(19)20(26-21)23-16-6-2-1-3-7-16;/h1-13H,(H2,23,24,25,26);1H. The zero-order chi connectivity index (χ0) is 17.8. The Bertz CT molecular complexity index is 1090. The Morgan fingerprint density at radius 3 is 2.11 bits per heavy atom. The Kier molecular flexibility index (Phi) is 5.50. The van der Waals surface area contributed by atoms with Crippen LogP contribution in [0.4, 0.5) is 23.1 Å². The van der Waals surface area contributed by atoms with Crippen molar-refractivity contribution in [3.05, 3.63) is 84.4 Å². The maximum absolute atomic E-state index is 8.91. The van der Waals surface area contributed by atoms with Crippen molar-refractivity contribution in [3.63, 3.8) is 0 Å². The van der Waals surface area contributed by atoms with Crippen molar-refractivity contribution in [2.45, 2.75) is 0 Å². The van der Waals surface area contributed by atoms with Crippen molar-refractivity contribution < 1.29 is 0 Å². The zero-order valence-corrected chi connectivity index (χ0v) is 15.1. The van der Waals surface area contributed by atoms with Gasteiger partial charge in [0, 0.05) is 16.8 Å². The molecule has 0 bridgehead atoms. The first-order chi connectivity index (χ1) is 12.8. The number of para-hydroxylation sites is 2. The molecule has 0 unspecified atom stereocenters. The Balaban J connectivity index is 0.00000210. The lowest BCUT2D eigenvalue weighted by Gasteiger charge is -2.12. The predicted octanol–water partition coefficient (Wildman–Crippen LogP) is 5.41. The van der Waals surface area contributed by atoms with Gasteiger partial charge in [-0.1, -0.05) is 30.3 Å². The molecule has 0 atom stereocenters. The molecule has 132 valence electrons. The van der Waals surface area contributed by atoms with Gasteiger partial charge in [0.25, 0.3) is 0 Å². The molecule has 0 spiro atoms. The summed E-state index contributed by atoms with van der Waals surface area (Å²) in [4.78, 5) is 9.22. The highest BCUT2D eigenvalue weighted by molar-refractivity contribution is 5.92. The number of aromatic nitrogens is 2. The molecule has 2 N–H and O–H groups in total. The highest BCUT2D eigenvalue weighted by atomic mass is 35.5. The molecule has 1 heterocycles. The summed E-state index contributed by atoms with van der Waals surface area (Å²) in [5, 5.41) is 16.4. The second-order valence-electron chi connectivity index (χ2n) is 5.72. The van der Waals surface area contributed by atoms with E-state index in [9.17, 15) is 0 Å². The fraction of sp³-hybridized carbons (Fsp3) is 0. The van der Waals surface area contributed by atoms with Gasteiger partial charge in [0.15, 0.2) is 0 Å². The zero-order valence-electron chi connectivity index (χ0n) is 14.3. The minimum absolute atomic E-state index is 0. The molecule has 4 aromatic rings. The van der Waals surface area contributed by atoms with Crippen molar-refractivity contribution in [1.29, 1.82) is 5.26 Å². The third kappa shape index (κ3) is 4.14. The van der Waals surface area contributed by atoms with E-state index in [-0.39, 0.29) is 12.4 Å². The van der Waals surface area contributed by atoms with Gasteiger partial charge in [-0.25, -0.2) is 4.98 Å². The molecule has 5 nitrogen and oxygen atoms in total. The minimum Gasteiger partial charge on any atom is -0.340 e. The average molecular weight is 374 g/mol. The van der Waals surface area contributed by atoms with Crippen molar-refractivity contribution in [3.8, 4) is 6.07 Å². The summed E-state index contributed by atoms with van der Waals surface area (Å²) >= 11 is 0. The lowest BCUT2D eigenvalue weighted by Crippen LogP contribution is -2.02. The average Bonchev–Trinajstić information content (AvgIpc) is 2.69. The van der Waals surface area contributed by atoms with Gasteiger partial charge in [0.1, 0.15) is 5.82 Å². The van der Waals surface area contributed by atoms with E-state index in [4.69, 9.17) is 5.26 Å². The van der Waals surface area contributed by atoms with Gasteiger partial charge in [-0.05, 0) is 48.5 Å². The maximum atomic E-state index is 8.91. The summed E-state index contributed by atoms with van der Waals surface area (Å²) in [6.07, 6.45) is 0. The smallest absolute Gasteiger partial charge is 0.229 e. The van der Waals surface area contributed by atoms with Crippen LogP contribution in [0.1, 0.15) is 5.56 Å². The summed E-state index contributed by atoms with van der Waals surface area (Å²) in [6, 6.07) is 27.1. The molecule has 0 saturated carbocycles. The quantitative estimate of drug-likeness (QED) is 0.500. The van der Waals surface area contributed by atoms with Crippen LogP contribution in [0.25, 0.3) is 10.9 Å². The SMILES string of the molecule is Cl.N#Cc1ccc(Nc2nc(Nc3ccccc3)c3ccccc3n2)cc1. The van der Waals surface area contributed by atoms with Gasteiger partial charge < -0.3 is 10.6 Å². The Morgan fingerprint density at radius 2 is 1.37 bits per heavy atom. The van der Waals surface area contributed by atoms with Crippen molar-refractivity contribution in [2.75, 3.05) is 10.6 Å². The Morgan fingerprint density at radius 1 is 0.704 bits per heavy atom. The molecule has 0 amide bonds. The number of nitriles is 1. The molecular formula is C21H16ClN5. The summed E-state index contributed by atoms with van der Waals surface area (Å²) in [5.41, 5.74) is 3.24. The highest BCUT2D eigenvalue weighted by Gasteiger charge is 2.08. The normalized spacial score (nSPS) is 9.89. The third-order valence-corrected chi connectivity index (χ3v) is 3.91. The van der Waals surface area contributed by atoms with Crippen molar-refractivity contribution in [2.24, 2.45) is 0 Å². The van der Waals surface area contributed by atoms with E-state index < -0.39 is 0 Å². The number of hydrogen-bond acceptors (Lipinski definition) is 5. The number of anilines is 4. The van der Waals surface area contributed by atoms with Crippen LogP contribution >= 0.6 is 12.4 Å². The van der Waals surface area contributed by atoms with E-state index in [1.165, 1.54) is 0 Å². The molecular weight excluding hydrogens is 358 g/mol. The summed E-state index contributed by atoms with van der Waals surface area (Å²) < 4.78 is 0. The monoisotopic (exact) mass is 373 g/mol. The molecule has 6 heteroatoms. The molecule has 4 rings (SSSR count).